The molecular formula is C14H13Cl2NO2S. The molecule has 0 aliphatic carbocycles. The van der Waals surface area contributed by atoms with E-state index >= 15 is 0 Å². The maximum Gasteiger partial charge on any atom is 0.337 e. The van der Waals surface area contributed by atoms with E-state index in [1.165, 1.54) is 18.4 Å². The molecular weight excluding hydrogens is 317 g/mol. The standard InChI is InChI=1S/C14H13Cl2NO2S/c1-8(10-6-13(16)20-7-10)17-12-5-9(14(18)19-2)3-4-11(12)15/h3-8,17H,1-2H3. The number of hydrogen-bond acceptors (Lipinski definition) is 4. The van der Waals surface area contributed by atoms with E-state index in [0.717, 1.165) is 9.90 Å². The molecule has 3 nitrogen and oxygen atoms in total. The first-order chi connectivity index (χ1) is 9.51. The molecule has 20 heavy (non-hydrogen) atoms. The van der Waals surface area contributed by atoms with Gasteiger partial charge in [-0.3, -0.25) is 0 Å². The van der Waals surface area contributed by atoms with Crippen LogP contribution in [0.5, 0.6) is 0 Å². The third kappa shape index (κ3) is 3.45. The van der Waals surface area contributed by atoms with Gasteiger partial charge >= 0.3 is 5.97 Å². The lowest BCUT2D eigenvalue weighted by Gasteiger charge is -2.16. The zero-order chi connectivity index (χ0) is 14.7. The molecule has 1 heterocycles. The van der Waals surface area contributed by atoms with Crippen molar-refractivity contribution in [1.29, 1.82) is 0 Å². The second-order valence-corrected chi connectivity index (χ2v) is 6.19. The van der Waals surface area contributed by atoms with Crippen LogP contribution >= 0.6 is 34.5 Å². The zero-order valence-corrected chi connectivity index (χ0v) is 13.3. The summed E-state index contributed by atoms with van der Waals surface area (Å²) in [7, 11) is 1.35. The van der Waals surface area contributed by atoms with Gasteiger partial charge in [0, 0.05) is 6.04 Å². The number of anilines is 1. The summed E-state index contributed by atoms with van der Waals surface area (Å²) in [4.78, 5) is 11.5. The lowest BCUT2D eigenvalue weighted by atomic mass is 10.1. The van der Waals surface area contributed by atoms with Crippen LogP contribution in [-0.2, 0) is 4.74 Å². The van der Waals surface area contributed by atoms with Crippen LogP contribution in [0.25, 0.3) is 0 Å². The van der Waals surface area contributed by atoms with Gasteiger partial charge in [-0.1, -0.05) is 23.2 Å². The number of rotatable bonds is 4. The molecule has 0 saturated carbocycles. The van der Waals surface area contributed by atoms with Crippen LogP contribution in [0.3, 0.4) is 0 Å². The number of methoxy groups -OCH3 is 1. The SMILES string of the molecule is COC(=O)c1ccc(Cl)c(NC(C)c2csc(Cl)c2)c1. The Balaban J connectivity index is 2.22. The summed E-state index contributed by atoms with van der Waals surface area (Å²) in [6.07, 6.45) is 0. The number of benzene rings is 1. The molecule has 2 rings (SSSR count). The minimum Gasteiger partial charge on any atom is -0.465 e. The minimum atomic E-state index is -0.393. The summed E-state index contributed by atoms with van der Waals surface area (Å²) in [6.45, 7) is 2.00. The normalized spacial score (nSPS) is 12.0. The molecule has 2 aromatic rings. The van der Waals surface area contributed by atoms with Gasteiger partial charge in [0.15, 0.2) is 0 Å². The van der Waals surface area contributed by atoms with Crippen molar-refractivity contribution >= 4 is 46.2 Å². The van der Waals surface area contributed by atoms with Crippen LogP contribution in [-0.4, -0.2) is 13.1 Å². The molecule has 106 valence electrons. The Bertz CT molecular complexity index is 627. The van der Waals surface area contributed by atoms with Crippen LogP contribution in [0.4, 0.5) is 5.69 Å². The summed E-state index contributed by atoms with van der Waals surface area (Å²) in [5.41, 5.74) is 2.21. The number of ether oxygens (including phenoxy) is 1. The summed E-state index contributed by atoms with van der Waals surface area (Å²) in [5.74, 6) is -0.393. The van der Waals surface area contributed by atoms with Crippen molar-refractivity contribution in [2.45, 2.75) is 13.0 Å². The molecule has 1 unspecified atom stereocenters. The highest BCUT2D eigenvalue weighted by Gasteiger charge is 2.12. The second-order valence-electron chi connectivity index (χ2n) is 4.24. The number of carbonyl (C=O) groups excluding carboxylic acids is 1. The average molecular weight is 330 g/mol. The fourth-order valence-corrected chi connectivity index (χ4v) is 2.90. The van der Waals surface area contributed by atoms with Gasteiger partial charge < -0.3 is 10.1 Å². The van der Waals surface area contributed by atoms with E-state index in [2.05, 4.69) is 5.32 Å². The first-order valence-electron chi connectivity index (χ1n) is 5.89. The summed E-state index contributed by atoms with van der Waals surface area (Å²) < 4.78 is 5.44. The van der Waals surface area contributed by atoms with Crippen molar-refractivity contribution in [2.75, 3.05) is 12.4 Å². The average Bonchev–Trinajstić information content (AvgIpc) is 2.87. The first kappa shape index (κ1) is 15.2. The Morgan fingerprint density at radius 3 is 2.70 bits per heavy atom. The predicted molar refractivity (Wildman–Crippen MR) is 84.2 cm³/mol. The third-order valence-electron chi connectivity index (χ3n) is 2.85. The fourth-order valence-electron chi connectivity index (χ4n) is 1.75. The van der Waals surface area contributed by atoms with Gasteiger partial charge in [-0.2, -0.15) is 0 Å². The van der Waals surface area contributed by atoms with Crippen molar-refractivity contribution < 1.29 is 9.53 Å². The highest BCUT2D eigenvalue weighted by Crippen LogP contribution is 2.30. The van der Waals surface area contributed by atoms with Gasteiger partial charge in [-0.05, 0) is 42.1 Å². The Labute approximate surface area is 131 Å². The molecule has 0 fully saturated rings. The van der Waals surface area contributed by atoms with Gasteiger partial charge in [0.1, 0.15) is 0 Å². The van der Waals surface area contributed by atoms with Crippen LogP contribution < -0.4 is 5.32 Å². The Kier molecular flexibility index (Phi) is 4.91. The van der Waals surface area contributed by atoms with Crippen molar-refractivity contribution in [1.82, 2.24) is 0 Å². The number of nitrogens with one attached hydrogen (secondary N) is 1. The molecule has 0 saturated heterocycles. The Morgan fingerprint density at radius 2 is 2.10 bits per heavy atom. The quantitative estimate of drug-likeness (QED) is 0.801. The summed E-state index contributed by atoms with van der Waals surface area (Å²) in [6, 6.07) is 6.92. The van der Waals surface area contributed by atoms with Crippen LogP contribution in [0.15, 0.2) is 29.6 Å². The smallest absolute Gasteiger partial charge is 0.337 e. The van der Waals surface area contributed by atoms with E-state index in [4.69, 9.17) is 27.9 Å². The molecule has 0 aliphatic heterocycles. The maximum atomic E-state index is 11.5. The molecule has 0 spiro atoms. The van der Waals surface area contributed by atoms with Crippen molar-refractivity contribution in [3.8, 4) is 0 Å². The summed E-state index contributed by atoms with van der Waals surface area (Å²) >= 11 is 13.5. The fraction of sp³-hybridized carbons (Fsp3) is 0.214. The molecule has 6 heteroatoms. The van der Waals surface area contributed by atoms with Crippen LogP contribution in [0.2, 0.25) is 9.36 Å². The monoisotopic (exact) mass is 329 g/mol. The number of carbonyl (C=O) groups is 1. The number of thiophene rings is 1. The van der Waals surface area contributed by atoms with E-state index in [-0.39, 0.29) is 6.04 Å². The molecule has 1 aromatic heterocycles. The molecule has 0 radical (unpaired) electrons. The zero-order valence-electron chi connectivity index (χ0n) is 10.9. The molecule has 0 aliphatic rings. The lowest BCUT2D eigenvalue weighted by Crippen LogP contribution is -2.08. The van der Waals surface area contributed by atoms with E-state index < -0.39 is 5.97 Å². The molecule has 1 aromatic carbocycles. The highest BCUT2D eigenvalue weighted by atomic mass is 35.5. The van der Waals surface area contributed by atoms with Gasteiger partial charge in [-0.15, -0.1) is 11.3 Å². The molecule has 0 bridgehead atoms. The van der Waals surface area contributed by atoms with E-state index in [9.17, 15) is 4.79 Å². The Hall–Kier alpha value is -1.23. The summed E-state index contributed by atoms with van der Waals surface area (Å²) in [5, 5.41) is 5.80. The van der Waals surface area contributed by atoms with Crippen LogP contribution in [0.1, 0.15) is 28.9 Å². The first-order valence-corrected chi connectivity index (χ1v) is 7.53. The van der Waals surface area contributed by atoms with E-state index in [1.54, 1.807) is 18.2 Å². The van der Waals surface area contributed by atoms with Crippen molar-refractivity contribution in [3.05, 3.63) is 50.1 Å². The number of esters is 1. The predicted octanol–water partition coefficient (Wildman–Crippen LogP) is 5.01. The maximum absolute atomic E-state index is 11.5. The third-order valence-corrected chi connectivity index (χ3v) is 4.29. The Morgan fingerprint density at radius 1 is 1.35 bits per heavy atom. The second kappa shape index (κ2) is 6.48. The minimum absolute atomic E-state index is 0.0316. The van der Waals surface area contributed by atoms with Gasteiger partial charge in [-0.25, -0.2) is 4.79 Å². The van der Waals surface area contributed by atoms with Gasteiger partial charge in [0.2, 0.25) is 0 Å². The molecule has 0 amide bonds. The van der Waals surface area contributed by atoms with Crippen molar-refractivity contribution in [3.63, 3.8) is 0 Å². The van der Waals surface area contributed by atoms with Gasteiger partial charge in [0.25, 0.3) is 0 Å². The van der Waals surface area contributed by atoms with E-state index in [0.29, 0.717) is 16.3 Å². The number of halogens is 2. The lowest BCUT2D eigenvalue weighted by molar-refractivity contribution is 0.0601. The highest BCUT2D eigenvalue weighted by molar-refractivity contribution is 7.14. The van der Waals surface area contributed by atoms with Gasteiger partial charge in [0.05, 0.1) is 27.7 Å². The topological polar surface area (TPSA) is 38.3 Å². The number of hydrogen-bond donors (Lipinski definition) is 1. The van der Waals surface area contributed by atoms with Crippen molar-refractivity contribution in [2.24, 2.45) is 0 Å². The van der Waals surface area contributed by atoms with Crippen LogP contribution in [0, 0.1) is 0 Å². The van der Waals surface area contributed by atoms with E-state index in [1.807, 2.05) is 18.4 Å². The largest absolute Gasteiger partial charge is 0.465 e. The molecule has 1 N–H and O–H groups in total. The molecule has 1 atom stereocenters.